The molecule has 3 atom stereocenters. The average molecular weight is 398 g/mol. The van der Waals surface area contributed by atoms with Crippen LogP contribution in [0.15, 0.2) is 0 Å². The molecule has 1 aliphatic rings. The van der Waals surface area contributed by atoms with Gasteiger partial charge in [0.05, 0.1) is 11.1 Å². The maximum Gasteiger partial charge on any atom is 0.408 e. The molecule has 0 heterocycles. The van der Waals surface area contributed by atoms with E-state index in [1.54, 1.807) is 0 Å². The SMILES string of the molecule is CC(C)(C)OC(=O)N[C@]1(C)C(C)(C)C(C)(C)[C@@](C)(C(C)(C)C)[C@](C)(O)C1(C)C. The number of nitrogens with one attached hydrogen (secondary N) is 1. The average Bonchev–Trinajstić information content (AvgIpc) is 2.40. The number of rotatable bonds is 1. The standard InChI is InChI=1S/C24H47NO3/c1-17(2,3)22(13)19(7,8)20(9,10)23(14,21(11,12)24(22,15)27)25-16(26)28-18(4,5)6/h27H,1-15H3,(H,25,26)/t22-,23-,24-/m1/s1. The van der Waals surface area contributed by atoms with E-state index >= 15 is 0 Å². The molecule has 0 aliphatic heterocycles. The predicted octanol–water partition coefficient (Wildman–Crippen LogP) is 6.17. The summed E-state index contributed by atoms with van der Waals surface area (Å²) in [7, 11) is 0. The molecule has 0 aromatic carbocycles. The third-order valence-electron chi connectivity index (χ3n) is 9.75. The molecular formula is C24H47NO3. The smallest absolute Gasteiger partial charge is 0.408 e. The van der Waals surface area contributed by atoms with Crippen molar-refractivity contribution in [3.63, 3.8) is 0 Å². The Balaban J connectivity index is 3.79. The van der Waals surface area contributed by atoms with Crippen molar-refractivity contribution in [1.29, 1.82) is 0 Å². The van der Waals surface area contributed by atoms with Crippen molar-refractivity contribution >= 4 is 6.09 Å². The molecule has 0 spiro atoms. The van der Waals surface area contributed by atoms with Crippen molar-refractivity contribution < 1.29 is 14.6 Å². The van der Waals surface area contributed by atoms with Gasteiger partial charge in [0, 0.05) is 10.8 Å². The second-order valence-corrected chi connectivity index (χ2v) is 13.1. The van der Waals surface area contributed by atoms with Crippen molar-refractivity contribution in [3.05, 3.63) is 0 Å². The van der Waals surface area contributed by atoms with Gasteiger partial charge in [0.25, 0.3) is 0 Å². The summed E-state index contributed by atoms with van der Waals surface area (Å²) in [4.78, 5) is 12.9. The van der Waals surface area contributed by atoms with Crippen LogP contribution in [0, 0.1) is 27.1 Å². The summed E-state index contributed by atoms with van der Waals surface area (Å²) in [6.45, 7) is 31.5. The number of amides is 1. The van der Waals surface area contributed by atoms with Crippen molar-refractivity contribution in [2.75, 3.05) is 0 Å². The quantitative estimate of drug-likeness (QED) is 0.556. The number of hydrogen-bond acceptors (Lipinski definition) is 3. The van der Waals surface area contributed by atoms with Crippen LogP contribution >= 0.6 is 0 Å². The molecule has 0 unspecified atom stereocenters. The first kappa shape index (κ1) is 25.3. The van der Waals surface area contributed by atoms with Crippen LogP contribution in [-0.2, 0) is 4.74 Å². The number of alkyl carbamates (subject to hydrolysis) is 1. The number of carbonyl (C=O) groups excluding carboxylic acids is 1. The summed E-state index contributed by atoms with van der Waals surface area (Å²) in [6.07, 6.45) is -0.442. The van der Waals surface area contributed by atoms with Gasteiger partial charge in [0.15, 0.2) is 0 Å². The van der Waals surface area contributed by atoms with Crippen molar-refractivity contribution in [1.82, 2.24) is 5.32 Å². The summed E-state index contributed by atoms with van der Waals surface area (Å²) in [5, 5.41) is 15.4. The first-order chi connectivity index (χ1) is 11.9. The Morgan fingerprint density at radius 1 is 0.750 bits per heavy atom. The van der Waals surface area contributed by atoms with Gasteiger partial charge in [-0.15, -0.1) is 0 Å². The van der Waals surface area contributed by atoms with E-state index in [1.807, 2.05) is 27.7 Å². The maximum atomic E-state index is 12.9. The number of hydrogen-bond donors (Lipinski definition) is 2. The molecule has 1 rings (SSSR count). The van der Waals surface area contributed by atoms with Crippen LogP contribution in [0.3, 0.4) is 0 Å². The summed E-state index contributed by atoms with van der Waals surface area (Å²) in [5.41, 5.74) is -4.29. The zero-order chi connectivity index (χ0) is 23.0. The molecule has 0 radical (unpaired) electrons. The molecule has 0 bridgehead atoms. The third-order valence-corrected chi connectivity index (χ3v) is 9.75. The largest absolute Gasteiger partial charge is 0.444 e. The zero-order valence-electron chi connectivity index (χ0n) is 21.3. The van der Waals surface area contributed by atoms with Gasteiger partial charge in [-0.2, -0.15) is 0 Å². The van der Waals surface area contributed by atoms with Crippen LogP contribution in [0.25, 0.3) is 0 Å². The van der Waals surface area contributed by atoms with E-state index < -0.39 is 33.7 Å². The Morgan fingerprint density at radius 3 is 1.46 bits per heavy atom. The Morgan fingerprint density at radius 2 is 1.14 bits per heavy atom. The lowest BCUT2D eigenvalue weighted by Gasteiger charge is -2.78. The molecule has 1 saturated carbocycles. The minimum Gasteiger partial charge on any atom is -0.444 e. The van der Waals surface area contributed by atoms with Gasteiger partial charge in [0.2, 0.25) is 0 Å². The highest BCUT2D eigenvalue weighted by atomic mass is 16.6. The van der Waals surface area contributed by atoms with Crippen LogP contribution < -0.4 is 5.32 Å². The minimum atomic E-state index is -1.07. The summed E-state index contributed by atoms with van der Waals surface area (Å²) in [6, 6.07) is 0. The zero-order valence-corrected chi connectivity index (χ0v) is 21.3. The molecule has 0 aromatic heterocycles. The van der Waals surface area contributed by atoms with Crippen molar-refractivity contribution in [2.24, 2.45) is 27.1 Å². The highest BCUT2D eigenvalue weighted by molar-refractivity contribution is 5.69. The lowest BCUT2D eigenvalue weighted by molar-refractivity contribution is -0.331. The van der Waals surface area contributed by atoms with Crippen LogP contribution in [0.4, 0.5) is 4.79 Å². The molecule has 4 heteroatoms. The lowest BCUT2D eigenvalue weighted by Crippen LogP contribution is -2.84. The topological polar surface area (TPSA) is 58.6 Å². The van der Waals surface area contributed by atoms with Gasteiger partial charge in [-0.25, -0.2) is 4.79 Å². The Bertz CT molecular complexity index is 599. The molecule has 0 saturated heterocycles. The Kier molecular flexibility index (Phi) is 5.52. The predicted molar refractivity (Wildman–Crippen MR) is 117 cm³/mol. The molecule has 1 fully saturated rings. The van der Waals surface area contributed by atoms with E-state index in [4.69, 9.17) is 4.74 Å². The Hall–Kier alpha value is -0.770. The van der Waals surface area contributed by atoms with Crippen LogP contribution in [-0.4, -0.2) is 27.9 Å². The number of ether oxygens (including phenoxy) is 1. The first-order valence-electron chi connectivity index (χ1n) is 10.6. The molecule has 2 N–H and O–H groups in total. The molecule has 4 nitrogen and oxygen atoms in total. The van der Waals surface area contributed by atoms with E-state index in [2.05, 4.69) is 81.5 Å². The normalized spacial score (nSPS) is 37.3. The van der Waals surface area contributed by atoms with E-state index in [9.17, 15) is 9.90 Å². The highest BCUT2D eigenvalue weighted by Crippen LogP contribution is 2.75. The monoisotopic (exact) mass is 397 g/mol. The fourth-order valence-electron chi connectivity index (χ4n) is 6.24. The van der Waals surface area contributed by atoms with Gasteiger partial charge in [-0.05, 0) is 50.9 Å². The number of aliphatic hydroxyl groups is 1. The van der Waals surface area contributed by atoms with Gasteiger partial charge < -0.3 is 15.2 Å². The molecule has 28 heavy (non-hydrogen) atoms. The fraction of sp³-hybridized carbons (Fsp3) is 0.958. The summed E-state index contributed by atoms with van der Waals surface area (Å²) < 4.78 is 5.62. The molecule has 166 valence electrons. The van der Waals surface area contributed by atoms with Gasteiger partial charge in [-0.3, -0.25) is 0 Å². The molecule has 0 aromatic rings. The van der Waals surface area contributed by atoms with E-state index in [0.717, 1.165) is 0 Å². The molecule has 1 aliphatic carbocycles. The summed E-state index contributed by atoms with van der Waals surface area (Å²) in [5.74, 6) is 0. The van der Waals surface area contributed by atoms with Crippen LogP contribution in [0.5, 0.6) is 0 Å². The lowest BCUT2D eigenvalue weighted by atomic mass is 9.29. The third kappa shape index (κ3) is 2.84. The van der Waals surface area contributed by atoms with Gasteiger partial charge in [-0.1, -0.05) is 69.2 Å². The Labute approximate surface area is 174 Å². The van der Waals surface area contributed by atoms with E-state index in [0.29, 0.717) is 0 Å². The van der Waals surface area contributed by atoms with Crippen LogP contribution in [0.2, 0.25) is 0 Å². The first-order valence-corrected chi connectivity index (χ1v) is 10.6. The maximum absolute atomic E-state index is 12.9. The van der Waals surface area contributed by atoms with E-state index in [-0.39, 0.29) is 16.2 Å². The van der Waals surface area contributed by atoms with Gasteiger partial charge >= 0.3 is 6.09 Å². The fourth-order valence-corrected chi connectivity index (χ4v) is 6.24. The minimum absolute atomic E-state index is 0.165. The van der Waals surface area contributed by atoms with Crippen LogP contribution in [0.1, 0.15) is 104 Å². The second kappa shape index (κ2) is 6.12. The number of carbonyl (C=O) groups is 1. The van der Waals surface area contributed by atoms with Crippen molar-refractivity contribution in [3.8, 4) is 0 Å². The molecule has 1 amide bonds. The van der Waals surface area contributed by atoms with Gasteiger partial charge in [0.1, 0.15) is 5.60 Å². The molecular weight excluding hydrogens is 350 g/mol. The summed E-state index contributed by atoms with van der Waals surface area (Å²) >= 11 is 0. The second-order valence-electron chi connectivity index (χ2n) is 13.1. The highest BCUT2D eigenvalue weighted by Gasteiger charge is 2.78. The van der Waals surface area contributed by atoms with Crippen molar-refractivity contribution in [2.45, 2.75) is 121 Å². The van der Waals surface area contributed by atoms with E-state index in [1.165, 1.54) is 0 Å².